The molecule has 1 amide bonds. The second kappa shape index (κ2) is 9.27. The summed E-state index contributed by atoms with van der Waals surface area (Å²) in [6.07, 6.45) is 5.79. The maximum atomic E-state index is 12.3. The molecule has 0 unspecified atom stereocenters. The Kier molecular flexibility index (Phi) is 6.30. The first-order chi connectivity index (χ1) is 14.2. The average molecular weight is 395 g/mol. The first-order valence-electron chi connectivity index (χ1n) is 10.6. The SMILES string of the molecule is CC1CCN(c2ccc(Nc3ccc(NC(=O)C4CCOCC4)cn3)cc2)CC1. The van der Waals surface area contributed by atoms with Crippen molar-refractivity contribution in [1.29, 1.82) is 0 Å². The van der Waals surface area contributed by atoms with E-state index < -0.39 is 0 Å². The minimum absolute atomic E-state index is 0.0307. The first-order valence-corrected chi connectivity index (χ1v) is 10.6. The van der Waals surface area contributed by atoms with Crippen LogP contribution in [0, 0.1) is 11.8 Å². The molecule has 2 aromatic rings. The van der Waals surface area contributed by atoms with E-state index in [4.69, 9.17) is 4.74 Å². The Morgan fingerprint density at radius 1 is 1.00 bits per heavy atom. The van der Waals surface area contributed by atoms with Gasteiger partial charge in [-0.2, -0.15) is 0 Å². The van der Waals surface area contributed by atoms with Crippen LogP contribution in [-0.4, -0.2) is 37.2 Å². The number of aromatic nitrogens is 1. The third kappa shape index (κ3) is 5.26. The highest BCUT2D eigenvalue weighted by Gasteiger charge is 2.21. The van der Waals surface area contributed by atoms with E-state index in [2.05, 4.69) is 51.7 Å². The van der Waals surface area contributed by atoms with Gasteiger partial charge >= 0.3 is 0 Å². The van der Waals surface area contributed by atoms with Gasteiger partial charge in [0.2, 0.25) is 5.91 Å². The number of piperidine rings is 1. The van der Waals surface area contributed by atoms with Gasteiger partial charge in [0.15, 0.2) is 0 Å². The van der Waals surface area contributed by atoms with E-state index in [1.165, 1.54) is 18.5 Å². The first kappa shape index (κ1) is 19.7. The molecule has 2 aliphatic heterocycles. The number of ether oxygens (including phenoxy) is 1. The number of nitrogens with one attached hydrogen (secondary N) is 2. The molecule has 0 aliphatic carbocycles. The smallest absolute Gasteiger partial charge is 0.227 e. The fraction of sp³-hybridized carbons (Fsp3) is 0.478. The van der Waals surface area contributed by atoms with Crippen LogP contribution in [-0.2, 0) is 9.53 Å². The van der Waals surface area contributed by atoms with Gasteiger partial charge in [-0.25, -0.2) is 4.98 Å². The average Bonchev–Trinajstić information content (AvgIpc) is 2.77. The zero-order chi connectivity index (χ0) is 20.1. The zero-order valence-electron chi connectivity index (χ0n) is 17.1. The molecular formula is C23H30N4O2. The number of carbonyl (C=O) groups is 1. The van der Waals surface area contributed by atoms with Crippen molar-refractivity contribution in [1.82, 2.24) is 4.98 Å². The highest BCUT2D eigenvalue weighted by Crippen LogP contribution is 2.25. The number of amides is 1. The van der Waals surface area contributed by atoms with Crippen molar-refractivity contribution in [2.45, 2.75) is 32.6 Å². The molecule has 0 bridgehead atoms. The lowest BCUT2D eigenvalue weighted by molar-refractivity contribution is -0.122. The maximum Gasteiger partial charge on any atom is 0.227 e. The molecule has 2 fully saturated rings. The van der Waals surface area contributed by atoms with Crippen LogP contribution in [0.1, 0.15) is 32.6 Å². The highest BCUT2D eigenvalue weighted by atomic mass is 16.5. The summed E-state index contributed by atoms with van der Waals surface area (Å²) in [4.78, 5) is 19.2. The van der Waals surface area contributed by atoms with Gasteiger partial charge in [-0.1, -0.05) is 6.92 Å². The van der Waals surface area contributed by atoms with Crippen LogP contribution >= 0.6 is 0 Å². The summed E-state index contributed by atoms with van der Waals surface area (Å²) >= 11 is 0. The molecule has 0 saturated carbocycles. The Labute approximate surface area is 172 Å². The largest absolute Gasteiger partial charge is 0.381 e. The van der Waals surface area contributed by atoms with Crippen molar-refractivity contribution in [3.05, 3.63) is 42.6 Å². The molecule has 0 radical (unpaired) electrons. The van der Waals surface area contributed by atoms with Crippen molar-refractivity contribution in [2.75, 3.05) is 41.8 Å². The minimum atomic E-state index is 0.0307. The van der Waals surface area contributed by atoms with Crippen LogP contribution in [0.15, 0.2) is 42.6 Å². The molecular weight excluding hydrogens is 364 g/mol. The number of hydrogen-bond acceptors (Lipinski definition) is 5. The Balaban J connectivity index is 1.31. The number of carbonyl (C=O) groups excluding carboxylic acids is 1. The summed E-state index contributed by atoms with van der Waals surface area (Å²) in [6.45, 7) is 5.93. The predicted octanol–water partition coefficient (Wildman–Crippen LogP) is 4.43. The summed E-state index contributed by atoms with van der Waals surface area (Å²) in [7, 11) is 0. The maximum absolute atomic E-state index is 12.3. The topological polar surface area (TPSA) is 66.5 Å². The van der Waals surface area contributed by atoms with E-state index in [0.29, 0.717) is 13.2 Å². The molecule has 2 aliphatic rings. The number of anilines is 4. The molecule has 1 aromatic heterocycles. The molecule has 4 rings (SSSR count). The van der Waals surface area contributed by atoms with Crippen LogP contribution in [0.4, 0.5) is 22.9 Å². The Morgan fingerprint density at radius 2 is 1.69 bits per heavy atom. The Hall–Kier alpha value is -2.60. The Morgan fingerprint density at radius 3 is 2.34 bits per heavy atom. The van der Waals surface area contributed by atoms with Gasteiger partial charge in [-0.3, -0.25) is 4.79 Å². The fourth-order valence-electron chi connectivity index (χ4n) is 3.92. The summed E-state index contributed by atoms with van der Waals surface area (Å²) in [6, 6.07) is 12.3. The quantitative estimate of drug-likeness (QED) is 0.785. The standard InChI is InChI=1S/C23H30N4O2/c1-17-8-12-27(13-9-17)21-5-2-19(3-6-21)25-22-7-4-20(16-24-22)26-23(28)18-10-14-29-15-11-18/h2-7,16-18H,8-15H2,1H3,(H,24,25)(H,26,28). The van der Waals surface area contributed by atoms with E-state index in [9.17, 15) is 4.79 Å². The molecule has 0 atom stereocenters. The highest BCUT2D eigenvalue weighted by molar-refractivity contribution is 5.92. The normalized spacial score (nSPS) is 18.4. The van der Waals surface area contributed by atoms with Crippen LogP contribution < -0.4 is 15.5 Å². The van der Waals surface area contributed by atoms with Crippen molar-refractivity contribution in [2.24, 2.45) is 11.8 Å². The molecule has 29 heavy (non-hydrogen) atoms. The molecule has 1 aromatic carbocycles. The predicted molar refractivity (Wildman–Crippen MR) is 117 cm³/mol. The van der Waals surface area contributed by atoms with Gasteiger partial charge in [0.25, 0.3) is 0 Å². The van der Waals surface area contributed by atoms with Gasteiger partial charge in [0, 0.05) is 43.6 Å². The number of hydrogen-bond donors (Lipinski definition) is 2. The van der Waals surface area contributed by atoms with Crippen LogP contribution in [0.2, 0.25) is 0 Å². The third-order valence-electron chi connectivity index (χ3n) is 5.91. The summed E-state index contributed by atoms with van der Waals surface area (Å²) in [5.74, 6) is 1.68. The number of nitrogens with zero attached hydrogens (tertiary/aromatic N) is 2. The lowest BCUT2D eigenvalue weighted by Crippen LogP contribution is -2.32. The van der Waals surface area contributed by atoms with Crippen LogP contribution in [0.25, 0.3) is 0 Å². The zero-order valence-corrected chi connectivity index (χ0v) is 17.1. The fourth-order valence-corrected chi connectivity index (χ4v) is 3.92. The van der Waals surface area contributed by atoms with Crippen molar-refractivity contribution >= 4 is 28.8 Å². The molecule has 154 valence electrons. The molecule has 2 N–H and O–H groups in total. The number of rotatable bonds is 5. The lowest BCUT2D eigenvalue weighted by Gasteiger charge is -2.32. The lowest BCUT2D eigenvalue weighted by atomic mass is 9.99. The summed E-state index contributed by atoms with van der Waals surface area (Å²) < 4.78 is 5.32. The van der Waals surface area contributed by atoms with Gasteiger partial charge in [0.1, 0.15) is 5.82 Å². The van der Waals surface area contributed by atoms with E-state index >= 15 is 0 Å². The second-order valence-electron chi connectivity index (χ2n) is 8.15. The van der Waals surface area contributed by atoms with Gasteiger partial charge < -0.3 is 20.3 Å². The molecule has 6 heteroatoms. The van der Waals surface area contributed by atoms with E-state index in [1.54, 1.807) is 6.20 Å². The van der Waals surface area contributed by atoms with Gasteiger partial charge in [0.05, 0.1) is 11.9 Å². The number of pyridine rings is 1. The molecule has 0 spiro atoms. The van der Waals surface area contributed by atoms with Crippen molar-refractivity contribution < 1.29 is 9.53 Å². The third-order valence-corrected chi connectivity index (χ3v) is 5.91. The second-order valence-corrected chi connectivity index (χ2v) is 8.15. The Bertz CT molecular complexity index is 793. The molecule has 2 saturated heterocycles. The van der Waals surface area contributed by atoms with Gasteiger partial charge in [-0.05, 0) is 68.0 Å². The minimum Gasteiger partial charge on any atom is -0.381 e. The monoisotopic (exact) mass is 394 g/mol. The molecule has 3 heterocycles. The van der Waals surface area contributed by atoms with E-state index in [-0.39, 0.29) is 11.8 Å². The van der Waals surface area contributed by atoms with Gasteiger partial charge in [-0.15, -0.1) is 0 Å². The summed E-state index contributed by atoms with van der Waals surface area (Å²) in [5, 5.41) is 6.29. The van der Waals surface area contributed by atoms with E-state index in [1.807, 2.05) is 12.1 Å². The number of benzene rings is 1. The van der Waals surface area contributed by atoms with Crippen LogP contribution in [0.3, 0.4) is 0 Å². The van der Waals surface area contributed by atoms with Crippen molar-refractivity contribution in [3.63, 3.8) is 0 Å². The van der Waals surface area contributed by atoms with Crippen molar-refractivity contribution in [3.8, 4) is 0 Å². The van der Waals surface area contributed by atoms with E-state index in [0.717, 1.165) is 49.0 Å². The molecule has 6 nitrogen and oxygen atoms in total. The van der Waals surface area contributed by atoms with Crippen LogP contribution in [0.5, 0.6) is 0 Å². The summed E-state index contributed by atoms with van der Waals surface area (Å²) in [5.41, 5.74) is 3.01.